The molecule has 0 N–H and O–H groups in total. The van der Waals surface area contributed by atoms with E-state index in [-0.39, 0.29) is 48.5 Å². The van der Waals surface area contributed by atoms with E-state index in [9.17, 15) is 14.4 Å². The summed E-state index contributed by atoms with van der Waals surface area (Å²) >= 11 is 0. The molecule has 0 bridgehead atoms. The van der Waals surface area contributed by atoms with Crippen molar-refractivity contribution in [2.75, 3.05) is 0 Å². The number of hydrogen-bond acceptors (Lipinski definition) is 6. The molecule has 0 aromatic heterocycles. The van der Waals surface area contributed by atoms with Crippen LogP contribution in [0.1, 0.15) is 71.9 Å². The highest BCUT2D eigenvalue weighted by Crippen LogP contribution is 2.26. The first-order chi connectivity index (χ1) is 16.5. The van der Waals surface area contributed by atoms with E-state index in [0.717, 1.165) is 5.56 Å². The fraction of sp³-hybridized carbons (Fsp3) is 0.414. The molecule has 0 unspecified atom stereocenters. The largest absolute Gasteiger partial charge is 0.427 e. The maximum Gasteiger partial charge on any atom is 0.311 e. The first-order valence-electron chi connectivity index (χ1n) is 12.1. The molecule has 0 amide bonds. The predicted molar refractivity (Wildman–Crippen MR) is 137 cm³/mol. The average molecular weight is 481 g/mol. The second kappa shape index (κ2) is 13.5. The second-order valence-corrected chi connectivity index (χ2v) is 9.86. The Hall–Kier alpha value is -3.41. The Labute approximate surface area is 208 Å². The zero-order valence-corrected chi connectivity index (χ0v) is 21.5. The molecule has 6 nitrogen and oxygen atoms in total. The molecule has 0 aliphatic heterocycles. The highest BCUT2D eigenvalue weighted by molar-refractivity contribution is 5.77. The molecule has 188 valence electrons. The predicted octanol–water partition coefficient (Wildman–Crippen LogP) is 6.71. The summed E-state index contributed by atoms with van der Waals surface area (Å²) in [5, 5.41) is 0. The standard InChI is InChI=1S/C29H36O6/c1-19(2)13-27(30)33-24-11-9-22(10-12-24)7-8-23-16-25(34-28(31)14-20(3)4)18-26(17-23)35-29(32)15-21(5)6/h7-12,16-21H,13-15H2,1-6H3/b8-7+. The van der Waals surface area contributed by atoms with E-state index in [2.05, 4.69) is 0 Å². The van der Waals surface area contributed by atoms with E-state index in [1.54, 1.807) is 30.3 Å². The molecule has 0 atom stereocenters. The van der Waals surface area contributed by atoms with E-state index < -0.39 is 0 Å². The van der Waals surface area contributed by atoms with Crippen molar-refractivity contribution in [3.05, 3.63) is 53.6 Å². The Kier molecular flexibility index (Phi) is 10.7. The Morgan fingerprint density at radius 1 is 0.571 bits per heavy atom. The summed E-state index contributed by atoms with van der Waals surface area (Å²) < 4.78 is 16.3. The third-order valence-electron chi connectivity index (χ3n) is 4.67. The molecule has 2 aromatic carbocycles. The summed E-state index contributed by atoms with van der Waals surface area (Å²) in [6.45, 7) is 11.7. The number of carbonyl (C=O) groups is 3. The summed E-state index contributed by atoms with van der Waals surface area (Å²) in [4.78, 5) is 36.2. The number of ether oxygens (including phenoxy) is 3. The van der Waals surface area contributed by atoms with E-state index in [4.69, 9.17) is 14.2 Å². The molecule has 0 saturated heterocycles. The van der Waals surface area contributed by atoms with Gasteiger partial charge in [0.05, 0.1) is 0 Å². The number of benzene rings is 2. The minimum absolute atomic E-state index is 0.168. The third-order valence-corrected chi connectivity index (χ3v) is 4.67. The fourth-order valence-electron chi connectivity index (χ4n) is 3.17. The van der Waals surface area contributed by atoms with Crippen molar-refractivity contribution in [3.8, 4) is 17.2 Å². The van der Waals surface area contributed by atoms with E-state index in [1.807, 2.05) is 65.8 Å². The molecule has 0 aliphatic carbocycles. The van der Waals surface area contributed by atoms with Crippen molar-refractivity contribution in [2.45, 2.75) is 60.8 Å². The van der Waals surface area contributed by atoms with Crippen molar-refractivity contribution in [1.82, 2.24) is 0 Å². The van der Waals surface area contributed by atoms with Crippen LogP contribution < -0.4 is 14.2 Å². The lowest BCUT2D eigenvalue weighted by Gasteiger charge is -2.11. The summed E-state index contributed by atoms with van der Waals surface area (Å²) in [5.74, 6) is 0.752. The Balaban J connectivity index is 2.19. The summed E-state index contributed by atoms with van der Waals surface area (Å²) in [6.07, 6.45) is 4.64. The van der Waals surface area contributed by atoms with Crippen LogP contribution in [0.3, 0.4) is 0 Å². The maximum absolute atomic E-state index is 12.2. The number of esters is 3. The Morgan fingerprint density at radius 3 is 1.34 bits per heavy atom. The topological polar surface area (TPSA) is 78.9 Å². The highest BCUT2D eigenvalue weighted by atomic mass is 16.5. The molecule has 0 radical (unpaired) electrons. The summed E-state index contributed by atoms with van der Waals surface area (Å²) in [5.41, 5.74) is 1.59. The zero-order chi connectivity index (χ0) is 26.0. The van der Waals surface area contributed by atoms with Crippen LogP contribution >= 0.6 is 0 Å². The highest BCUT2D eigenvalue weighted by Gasteiger charge is 2.13. The average Bonchev–Trinajstić information content (AvgIpc) is 2.71. The van der Waals surface area contributed by atoms with Gasteiger partial charge in [-0.05, 0) is 53.1 Å². The lowest BCUT2D eigenvalue weighted by Crippen LogP contribution is -2.12. The van der Waals surface area contributed by atoms with Crippen LogP contribution in [0.4, 0.5) is 0 Å². The number of carbonyl (C=O) groups excluding carboxylic acids is 3. The minimum Gasteiger partial charge on any atom is -0.427 e. The van der Waals surface area contributed by atoms with Gasteiger partial charge in [-0.15, -0.1) is 0 Å². The lowest BCUT2D eigenvalue weighted by molar-refractivity contribution is -0.136. The van der Waals surface area contributed by atoms with Gasteiger partial charge in [-0.3, -0.25) is 14.4 Å². The van der Waals surface area contributed by atoms with Gasteiger partial charge < -0.3 is 14.2 Å². The molecule has 0 saturated carbocycles. The first kappa shape index (κ1) is 27.8. The van der Waals surface area contributed by atoms with Crippen molar-refractivity contribution < 1.29 is 28.6 Å². The van der Waals surface area contributed by atoms with Crippen LogP contribution in [-0.4, -0.2) is 17.9 Å². The molecule has 0 fully saturated rings. The normalized spacial score (nSPS) is 11.3. The van der Waals surface area contributed by atoms with E-state index >= 15 is 0 Å². The summed E-state index contributed by atoms with van der Waals surface area (Å²) in [7, 11) is 0. The molecule has 2 rings (SSSR count). The van der Waals surface area contributed by atoms with Gasteiger partial charge >= 0.3 is 17.9 Å². The van der Waals surface area contributed by atoms with E-state index in [0.29, 0.717) is 29.2 Å². The van der Waals surface area contributed by atoms with Gasteiger partial charge in [-0.25, -0.2) is 0 Å². The van der Waals surface area contributed by atoms with Gasteiger partial charge in [-0.1, -0.05) is 65.8 Å². The molecule has 2 aromatic rings. The van der Waals surface area contributed by atoms with Gasteiger partial charge in [0, 0.05) is 25.3 Å². The van der Waals surface area contributed by atoms with Gasteiger partial charge in [-0.2, -0.15) is 0 Å². The van der Waals surface area contributed by atoms with Crippen LogP contribution in [0.25, 0.3) is 12.2 Å². The van der Waals surface area contributed by atoms with Crippen LogP contribution in [0.2, 0.25) is 0 Å². The van der Waals surface area contributed by atoms with Gasteiger partial charge in [0.15, 0.2) is 0 Å². The first-order valence-corrected chi connectivity index (χ1v) is 12.1. The second-order valence-electron chi connectivity index (χ2n) is 9.86. The number of rotatable bonds is 11. The van der Waals surface area contributed by atoms with Crippen molar-refractivity contribution in [1.29, 1.82) is 0 Å². The molecule has 6 heteroatoms. The van der Waals surface area contributed by atoms with Crippen molar-refractivity contribution in [3.63, 3.8) is 0 Å². The molecular weight excluding hydrogens is 444 g/mol. The number of hydrogen-bond donors (Lipinski definition) is 0. The quantitative estimate of drug-likeness (QED) is 0.202. The minimum atomic E-state index is -0.344. The molecule has 35 heavy (non-hydrogen) atoms. The molecular formula is C29H36O6. The van der Waals surface area contributed by atoms with Crippen LogP contribution in [0, 0.1) is 17.8 Å². The van der Waals surface area contributed by atoms with Gasteiger partial charge in [0.1, 0.15) is 17.2 Å². The van der Waals surface area contributed by atoms with Crippen molar-refractivity contribution >= 4 is 30.1 Å². The third kappa shape index (κ3) is 11.0. The van der Waals surface area contributed by atoms with Crippen LogP contribution in [-0.2, 0) is 14.4 Å². The van der Waals surface area contributed by atoms with Gasteiger partial charge in [0.2, 0.25) is 0 Å². The van der Waals surface area contributed by atoms with E-state index in [1.165, 1.54) is 0 Å². The Bertz CT molecular complexity index is 989. The summed E-state index contributed by atoms with van der Waals surface area (Å²) in [6, 6.07) is 12.1. The zero-order valence-electron chi connectivity index (χ0n) is 21.5. The monoisotopic (exact) mass is 480 g/mol. The van der Waals surface area contributed by atoms with Crippen molar-refractivity contribution in [2.24, 2.45) is 17.8 Å². The fourth-order valence-corrected chi connectivity index (χ4v) is 3.17. The molecule has 0 spiro atoms. The van der Waals surface area contributed by atoms with Crippen LogP contribution in [0.5, 0.6) is 17.2 Å². The SMILES string of the molecule is CC(C)CC(=O)Oc1ccc(/C=C/c2cc(OC(=O)CC(C)C)cc(OC(=O)CC(C)C)c2)cc1. The molecule has 0 heterocycles. The van der Waals surface area contributed by atoms with Gasteiger partial charge in [0.25, 0.3) is 0 Å². The van der Waals surface area contributed by atoms with Crippen LogP contribution in [0.15, 0.2) is 42.5 Å². The smallest absolute Gasteiger partial charge is 0.311 e. The maximum atomic E-state index is 12.2. The Morgan fingerprint density at radius 2 is 0.943 bits per heavy atom. The molecule has 0 aliphatic rings. The lowest BCUT2D eigenvalue weighted by atomic mass is 10.1.